The second-order valence-electron chi connectivity index (χ2n) is 7.55. The number of rotatable bonds is 9. The van der Waals surface area contributed by atoms with Gasteiger partial charge < -0.3 is 24.4 Å². The summed E-state index contributed by atoms with van der Waals surface area (Å²) in [6.07, 6.45) is 4.18. The van der Waals surface area contributed by atoms with Crippen molar-refractivity contribution in [1.29, 1.82) is 0 Å². The Bertz CT molecular complexity index is 731. The van der Waals surface area contributed by atoms with Crippen LogP contribution in [0.25, 0.3) is 6.08 Å². The quantitative estimate of drug-likeness (QED) is 0.388. The van der Waals surface area contributed by atoms with Crippen LogP contribution in [-0.2, 0) is 16.1 Å². The SMILES string of the molecule is CCOC(=O)c1c(/C=C/C(=O)NCCCN2CCN(C)CC2)c(C)n(CC)c1C. The highest BCUT2D eigenvalue weighted by atomic mass is 16.5. The molecule has 1 aliphatic rings. The predicted molar refractivity (Wildman–Crippen MR) is 116 cm³/mol. The summed E-state index contributed by atoms with van der Waals surface area (Å²) < 4.78 is 7.29. The summed E-state index contributed by atoms with van der Waals surface area (Å²) in [5, 5.41) is 2.94. The molecule has 1 amide bonds. The minimum Gasteiger partial charge on any atom is -0.462 e. The molecule has 0 unspecified atom stereocenters. The van der Waals surface area contributed by atoms with Gasteiger partial charge in [-0.25, -0.2) is 4.79 Å². The van der Waals surface area contributed by atoms with Crippen LogP contribution >= 0.6 is 0 Å². The molecule has 0 radical (unpaired) electrons. The van der Waals surface area contributed by atoms with Gasteiger partial charge in [-0.05, 0) is 53.8 Å². The molecule has 1 aromatic rings. The van der Waals surface area contributed by atoms with E-state index in [1.807, 2.05) is 20.8 Å². The van der Waals surface area contributed by atoms with Gasteiger partial charge in [-0.1, -0.05) is 0 Å². The van der Waals surface area contributed by atoms with Gasteiger partial charge >= 0.3 is 5.97 Å². The molecular weight excluding hydrogens is 368 g/mol. The van der Waals surface area contributed by atoms with Crippen LogP contribution in [0.5, 0.6) is 0 Å². The van der Waals surface area contributed by atoms with E-state index in [4.69, 9.17) is 4.74 Å². The van der Waals surface area contributed by atoms with E-state index in [2.05, 4.69) is 26.7 Å². The second-order valence-corrected chi connectivity index (χ2v) is 7.55. The summed E-state index contributed by atoms with van der Waals surface area (Å²) in [7, 11) is 2.15. The number of hydrogen-bond donors (Lipinski definition) is 1. The Balaban J connectivity index is 1.92. The van der Waals surface area contributed by atoms with E-state index in [-0.39, 0.29) is 11.9 Å². The van der Waals surface area contributed by atoms with Crippen LogP contribution in [0.1, 0.15) is 47.6 Å². The van der Waals surface area contributed by atoms with Crippen molar-refractivity contribution in [1.82, 2.24) is 19.7 Å². The van der Waals surface area contributed by atoms with Crippen molar-refractivity contribution in [3.63, 3.8) is 0 Å². The van der Waals surface area contributed by atoms with Crippen molar-refractivity contribution in [3.05, 3.63) is 28.6 Å². The van der Waals surface area contributed by atoms with Crippen LogP contribution in [0.3, 0.4) is 0 Å². The maximum absolute atomic E-state index is 12.4. The molecule has 1 aliphatic heterocycles. The summed E-state index contributed by atoms with van der Waals surface area (Å²) in [4.78, 5) is 29.4. The Labute approximate surface area is 174 Å². The Kier molecular flexibility index (Phi) is 8.92. The van der Waals surface area contributed by atoms with Crippen LogP contribution in [0, 0.1) is 13.8 Å². The van der Waals surface area contributed by atoms with Crippen molar-refractivity contribution >= 4 is 18.0 Å². The minimum absolute atomic E-state index is 0.139. The molecule has 0 spiro atoms. The molecule has 7 heteroatoms. The fourth-order valence-electron chi connectivity index (χ4n) is 3.85. The van der Waals surface area contributed by atoms with Gasteiger partial charge in [-0.2, -0.15) is 0 Å². The Hall–Kier alpha value is -2.12. The molecule has 1 saturated heterocycles. The maximum atomic E-state index is 12.4. The van der Waals surface area contributed by atoms with E-state index < -0.39 is 0 Å². The Morgan fingerprint density at radius 2 is 1.79 bits per heavy atom. The van der Waals surface area contributed by atoms with Crippen molar-refractivity contribution in [3.8, 4) is 0 Å². The number of nitrogens with zero attached hydrogens (tertiary/aromatic N) is 3. The molecule has 0 atom stereocenters. The summed E-state index contributed by atoms with van der Waals surface area (Å²) in [5.41, 5.74) is 3.14. The molecule has 0 aliphatic carbocycles. The highest BCUT2D eigenvalue weighted by Gasteiger charge is 2.22. The van der Waals surface area contributed by atoms with Crippen molar-refractivity contribution in [2.24, 2.45) is 0 Å². The van der Waals surface area contributed by atoms with Gasteiger partial charge in [0, 0.05) is 62.3 Å². The average molecular weight is 405 g/mol. The summed E-state index contributed by atoms with van der Waals surface area (Å²) >= 11 is 0. The number of esters is 1. The van der Waals surface area contributed by atoms with E-state index in [9.17, 15) is 9.59 Å². The van der Waals surface area contributed by atoms with E-state index in [0.29, 0.717) is 18.7 Å². The smallest absolute Gasteiger partial charge is 0.340 e. The Morgan fingerprint density at radius 3 is 2.41 bits per heavy atom. The number of likely N-dealkylation sites (N-methyl/N-ethyl adjacent to an activating group) is 1. The topological polar surface area (TPSA) is 66.8 Å². The standard InChI is InChI=1S/C22H36N4O3/c1-6-26-17(3)19(21(18(26)4)22(28)29-7-2)9-10-20(27)23-11-8-12-25-15-13-24(5)14-16-25/h9-10H,6-8,11-16H2,1-5H3,(H,23,27)/b10-9+. The van der Waals surface area contributed by atoms with Crippen molar-refractivity contribution in [2.45, 2.75) is 40.7 Å². The highest BCUT2D eigenvalue weighted by molar-refractivity contribution is 5.98. The van der Waals surface area contributed by atoms with Crippen LogP contribution in [0.4, 0.5) is 0 Å². The first-order chi connectivity index (χ1) is 13.9. The number of aromatic nitrogens is 1. The average Bonchev–Trinajstić information content (AvgIpc) is 2.94. The molecule has 29 heavy (non-hydrogen) atoms. The molecule has 162 valence electrons. The number of piperazine rings is 1. The molecule has 0 aromatic carbocycles. The zero-order valence-corrected chi connectivity index (χ0v) is 18.6. The molecule has 0 bridgehead atoms. The van der Waals surface area contributed by atoms with Gasteiger partial charge in [-0.3, -0.25) is 4.79 Å². The first-order valence-electron chi connectivity index (χ1n) is 10.6. The molecule has 1 N–H and O–H groups in total. The van der Waals surface area contributed by atoms with E-state index in [0.717, 1.165) is 62.6 Å². The number of carbonyl (C=O) groups excluding carboxylic acids is 2. The Morgan fingerprint density at radius 1 is 1.10 bits per heavy atom. The van der Waals surface area contributed by atoms with Gasteiger partial charge in [0.1, 0.15) is 0 Å². The highest BCUT2D eigenvalue weighted by Crippen LogP contribution is 2.24. The lowest BCUT2D eigenvalue weighted by Crippen LogP contribution is -2.45. The molecule has 7 nitrogen and oxygen atoms in total. The molecule has 1 aromatic heterocycles. The third-order valence-electron chi connectivity index (χ3n) is 5.57. The fourth-order valence-corrected chi connectivity index (χ4v) is 3.85. The van der Waals surface area contributed by atoms with E-state index in [1.165, 1.54) is 6.08 Å². The van der Waals surface area contributed by atoms with E-state index in [1.54, 1.807) is 13.0 Å². The monoisotopic (exact) mass is 404 g/mol. The fraction of sp³-hybridized carbons (Fsp3) is 0.636. The van der Waals surface area contributed by atoms with Crippen molar-refractivity contribution < 1.29 is 14.3 Å². The van der Waals surface area contributed by atoms with Crippen molar-refractivity contribution in [2.75, 3.05) is 52.9 Å². The molecule has 2 rings (SSSR count). The summed E-state index contributed by atoms with van der Waals surface area (Å²) in [5.74, 6) is -0.480. The third-order valence-corrected chi connectivity index (χ3v) is 5.57. The van der Waals surface area contributed by atoms with Gasteiger partial charge in [0.05, 0.1) is 12.2 Å². The lowest BCUT2D eigenvalue weighted by Gasteiger charge is -2.32. The molecule has 0 saturated carbocycles. The molecule has 2 heterocycles. The lowest BCUT2D eigenvalue weighted by molar-refractivity contribution is -0.116. The predicted octanol–water partition coefficient (Wildman–Crippen LogP) is 2.07. The van der Waals surface area contributed by atoms with Crippen LogP contribution in [0.15, 0.2) is 6.08 Å². The van der Waals surface area contributed by atoms with Gasteiger partial charge in [-0.15, -0.1) is 0 Å². The number of hydrogen-bond acceptors (Lipinski definition) is 5. The van der Waals surface area contributed by atoms with Gasteiger partial charge in [0.15, 0.2) is 0 Å². The minimum atomic E-state index is -0.340. The first-order valence-corrected chi connectivity index (χ1v) is 10.6. The normalized spacial score (nSPS) is 15.8. The second kappa shape index (κ2) is 11.2. The number of amides is 1. The first kappa shape index (κ1) is 23.2. The van der Waals surface area contributed by atoms with Gasteiger partial charge in [0.2, 0.25) is 5.91 Å². The largest absolute Gasteiger partial charge is 0.462 e. The lowest BCUT2D eigenvalue weighted by atomic mass is 10.1. The van der Waals surface area contributed by atoms with Crippen LogP contribution < -0.4 is 5.32 Å². The van der Waals surface area contributed by atoms with E-state index >= 15 is 0 Å². The zero-order chi connectivity index (χ0) is 21.4. The molecular formula is C22H36N4O3. The number of carbonyl (C=O) groups is 2. The summed E-state index contributed by atoms with van der Waals surface area (Å²) in [6, 6.07) is 0. The third kappa shape index (κ3) is 6.18. The summed E-state index contributed by atoms with van der Waals surface area (Å²) in [6.45, 7) is 14.8. The van der Waals surface area contributed by atoms with Crippen LogP contribution in [-0.4, -0.2) is 79.2 Å². The van der Waals surface area contributed by atoms with Crippen LogP contribution in [0.2, 0.25) is 0 Å². The number of nitrogens with one attached hydrogen (secondary N) is 1. The number of ether oxygens (including phenoxy) is 1. The zero-order valence-electron chi connectivity index (χ0n) is 18.6. The van der Waals surface area contributed by atoms with Gasteiger partial charge in [0.25, 0.3) is 0 Å². The molecule has 1 fully saturated rings. The maximum Gasteiger partial charge on any atom is 0.340 e.